The van der Waals surface area contributed by atoms with Crippen molar-refractivity contribution in [3.63, 3.8) is 0 Å². The molecule has 0 unspecified atom stereocenters. The molecule has 0 bridgehead atoms. The van der Waals surface area contributed by atoms with Crippen LogP contribution in [0.4, 0.5) is 5.82 Å². The number of aromatic nitrogens is 2. The molecule has 1 N–H and O–H groups in total. The average molecular weight is 362 g/mol. The van der Waals surface area contributed by atoms with Gasteiger partial charge in [-0.25, -0.2) is 4.63 Å². The molecule has 1 amide bonds. The van der Waals surface area contributed by atoms with E-state index in [1.807, 2.05) is 32.0 Å². The summed E-state index contributed by atoms with van der Waals surface area (Å²) in [7, 11) is 0. The van der Waals surface area contributed by atoms with Gasteiger partial charge in [0, 0.05) is 5.56 Å². The van der Waals surface area contributed by atoms with Crippen molar-refractivity contribution in [1.29, 1.82) is 0 Å². The van der Waals surface area contributed by atoms with E-state index in [9.17, 15) is 4.79 Å². The highest BCUT2D eigenvalue weighted by Crippen LogP contribution is 2.28. The third-order valence-electron chi connectivity index (χ3n) is 3.17. The van der Waals surface area contributed by atoms with Crippen molar-refractivity contribution in [3.05, 3.63) is 51.9 Å². The second kappa shape index (κ2) is 5.76. The van der Waals surface area contributed by atoms with Gasteiger partial charge >= 0.3 is 0 Å². The van der Waals surface area contributed by atoms with Gasteiger partial charge in [0.25, 0.3) is 5.91 Å². The van der Waals surface area contributed by atoms with Gasteiger partial charge in [0.2, 0.25) is 5.82 Å². The summed E-state index contributed by atoms with van der Waals surface area (Å²) in [6, 6.07) is 9.15. The summed E-state index contributed by atoms with van der Waals surface area (Å²) >= 11 is 3.15. The maximum atomic E-state index is 12.1. The van der Waals surface area contributed by atoms with E-state index in [0.29, 0.717) is 10.4 Å². The van der Waals surface area contributed by atoms with Crippen molar-refractivity contribution < 1.29 is 13.8 Å². The van der Waals surface area contributed by atoms with Gasteiger partial charge in [0.1, 0.15) is 0 Å². The third-order valence-corrected chi connectivity index (χ3v) is 3.59. The number of carbonyl (C=O) groups excluding carboxylic acids is 1. The number of benzene rings is 1. The van der Waals surface area contributed by atoms with Crippen LogP contribution in [0.2, 0.25) is 0 Å². The van der Waals surface area contributed by atoms with E-state index in [0.717, 1.165) is 16.7 Å². The molecule has 1 aromatic carbocycles. The van der Waals surface area contributed by atoms with Crippen molar-refractivity contribution in [1.82, 2.24) is 10.3 Å². The molecule has 3 rings (SSSR count). The van der Waals surface area contributed by atoms with Crippen LogP contribution in [0.5, 0.6) is 0 Å². The lowest BCUT2D eigenvalue weighted by molar-refractivity contribution is 0.0994. The lowest BCUT2D eigenvalue weighted by atomic mass is 10.0. The fourth-order valence-electron chi connectivity index (χ4n) is 2.04. The zero-order chi connectivity index (χ0) is 15.7. The van der Waals surface area contributed by atoms with Gasteiger partial charge in [-0.3, -0.25) is 10.1 Å². The monoisotopic (exact) mass is 361 g/mol. The quantitative estimate of drug-likeness (QED) is 0.763. The Balaban J connectivity index is 1.92. The Morgan fingerprint density at radius 1 is 1.18 bits per heavy atom. The first kappa shape index (κ1) is 14.5. The molecule has 2 heterocycles. The number of rotatable bonds is 3. The number of furan rings is 1. The number of amides is 1. The van der Waals surface area contributed by atoms with E-state index >= 15 is 0 Å². The summed E-state index contributed by atoms with van der Waals surface area (Å²) in [4.78, 5) is 12.1. The number of hydrogen-bond acceptors (Lipinski definition) is 5. The average Bonchev–Trinajstić information content (AvgIpc) is 3.10. The molecule has 0 radical (unpaired) electrons. The number of nitrogens with one attached hydrogen (secondary N) is 1. The van der Waals surface area contributed by atoms with Gasteiger partial charge in [-0.05, 0) is 63.9 Å². The first-order valence-corrected chi connectivity index (χ1v) is 7.31. The van der Waals surface area contributed by atoms with E-state index in [1.54, 1.807) is 12.1 Å². The molecule has 112 valence electrons. The molecule has 2 aromatic heterocycles. The van der Waals surface area contributed by atoms with Crippen molar-refractivity contribution in [2.45, 2.75) is 13.8 Å². The lowest BCUT2D eigenvalue weighted by Crippen LogP contribution is -2.12. The zero-order valence-electron chi connectivity index (χ0n) is 11.9. The van der Waals surface area contributed by atoms with Gasteiger partial charge in [-0.15, -0.1) is 0 Å². The molecule has 0 aliphatic carbocycles. The van der Waals surface area contributed by atoms with Crippen LogP contribution in [0.3, 0.4) is 0 Å². The standard InChI is InChI=1S/C15H12BrN3O3/c1-8-3-4-9(2)10(7-8)13-14(19-22-18-13)17-15(20)11-5-6-12(16)21-11/h3-7H,1-2H3,(H,17,19,20). The highest BCUT2D eigenvalue weighted by Gasteiger charge is 2.19. The van der Waals surface area contributed by atoms with Crippen LogP contribution in [0.15, 0.2) is 44.0 Å². The molecule has 0 aliphatic heterocycles. The van der Waals surface area contributed by atoms with Crippen molar-refractivity contribution in [2.24, 2.45) is 0 Å². The van der Waals surface area contributed by atoms with Gasteiger partial charge in [-0.1, -0.05) is 17.7 Å². The van der Waals surface area contributed by atoms with Crippen LogP contribution in [0.25, 0.3) is 11.3 Å². The van der Waals surface area contributed by atoms with E-state index < -0.39 is 5.91 Å². The minimum atomic E-state index is -0.423. The first-order valence-electron chi connectivity index (χ1n) is 6.51. The summed E-state index contributed by atoms with van der Waals surface area (Å²) in [5.74, 6) is 0.000896. The van der Waals surface area contributed by atoms with E-state index in [1.165, 1.54) is 0 Å². The Morgan fingerprint density at radius 3 is 2.73 bits per heavy atom. The van der Waals surface area contributed by atoms with Crippen LogP contribution in [-0.2, 0) is 0 Å². The molecular weight excluding hydrogens is 350 g/mol. The van der Waals surface area contributed by atoms with Crippen LogP contribution < -0.4 is 5.32 Å². The molecule has 22 heavy (non-hydrogen) atoms. The van der Waals surface area contributed by atoms with Crippen molar-refractivity contribution in [2.75, 3.05) is 5.32 Å². The molecule has 0 atom stereocenters. The van der Waals surface area contributed by atoms with E-state index in [4.69, 9.17) is 9.05 Å². The van der Waals surface area contributed by atoms with Gasteiger partial charge in [0.05, 0.1) is 0 Å². The summed E-state index contributed by atoms with van der Waals surface area (Å²) in [5.41, 5.74) is 3.44. The Bertz CT molecular complexity index is 838. The summed E-state index contributed by atoms with van der Waals surface area (Å²) in [6.45, 7) is 3.94. The highest BCUT2D eigenvalue weighted by molar-refractivity contribution is 9.10. The van der Waals surface area contributed by atoms with Crippen molar-refractivity contribution >= 4 is 27.7 Å². The number of aryl methyl sites for hydroxylation is 2. The minimum Gasteiger partial charge on any atom is -0.444 e. The predicted molar refractivity (Wildman–Crippen MR) is 83.6 cm³/mol. The molecular formula is C15H12BrN3O3. The smallest absolute Gasteiger partial charge is 0.292 e. The van der Waals surface area contributed by atoms with Crippen molar-refractivity contribution in [3.8, 4) is 11.3 Å². The fourth-order valence-corrected chi connectivity index (χ4v) is 2.35. The SMILES string of the molecule is Cc1ccc(C)c(-c2nonc2NC(=O)c2ccc(Br)o2)c1. The second-order valence-electron chi connectivity index (χ2n) is 4.84. The normalized spacial score (nSPS) is 10.7. The van der Waals surface area contributed by atoms with Gasteiger partial charge in [-0.2, -0.15) is 0 Å². The number of halogens is 1. The number of nitrogens with zero attached hydrogens (tertiary/aromatic N) is 2. The number of hydrogen-bond donors (Lipinski definition) is 1. The predicted octanol–water partition coefficient (Wildman–Crippen LogP) is 3.96. The Morgan fingerprint density at radius 2 is 2.00 bits per heavy atom. The molecule has 0 aliphatic rings. The maximum Gasteiger partial charge on any atom is 0.292 e. The van der Waals surface area contributed by atoms with Crippen LogP contribution in [-0.4, -0.2) is 16.2 Å². The largest absolute Gasteiger partial charge is 0.444 e. The first-order chi connectivity index (χ1) is 10.5. The summed E-state index contributed by atoms with van der Waals surface area (Å²) in [6.07, 6.45) is 0. The maximum absolute atomic E-state index is 12.1. The fraction of sp³-hybridized carbons (Fsp3) is 0.133. The van der Waals surface area contributed by atoms with Crippen LogP contribution in [0.1, 0.15) is 21.7 Å². The molecule has 6 nitrogen and oxygen atoms in total. The molecule has 0 fully saturated rings. The number of carbonyl (C=O) groups is 1. The summed E-state index contributed by atoms with van der Waals surface area (Å²) in [5, 5.41) is 10.3. The minimum absolute atomic E-state index is 0.168. The van der Waals surface area contributed by atoms with Gasteiger partial charge in [0.15, 0.2) is 16.1 Å². The van der Waals surface area contributed by atoms with E-state index in [-0.39, 0.29) is 11.6 Å². The second-order valence-corrected chi connectivity index (χ2v) is 5.62. The van der Waals surface area contributed by atoms with Crippen LogP contribution >= 0.6 is 15.9 Å². The molecule has 0 spiro atoms. The molecule has 0 saturated carbocycles. The molecule has 0 saturated heterocycles. The highest BCUT2D eigenvalue weighted by atomic mass is 79.9. The van der Waals surface area contributed by atoms with Crippen LogP contribution in [0, 0.1) is 13.8 Å². The zero-order valence-corrected chi connectivity index (χ0v) is 13.5. The summed E-state index contributed by atoms with van der Waals surface area (Å²) < 4.78 is 10.5. The Labute approximate surface area is 134 Å². The van der Waals surface area contributed by atoms with E-state index in [2.05, 4.69) is 31.6 Å². The lowest BCUT2D eigenvalue weighted by Gasteiger charge is -2.05. The van der Waals surface area contributed by atoms with Gasteiger partial charge < -0.3 is 4.42 Å². The third kappa shape index (κ3) is 2.80. The topological polar surface area (TPSA) is 81.2 Å². The Kier molecular flexibility index (Phi) is 3.81. The molecule has 3 aromatic rings. The molecule has 7 heteroatoms. The number of anilines is 1. The Hall–Kier alpha value is -2.41.